The van der Waals surface area contributed by atoms with Gasteiger partial charge in [0.1, 0.15) is 5.54 Å². The zero-order chi connectivity index (χ0) is 10.6. The van der Waals surface area contributed by atoms with Gasteiger partial charge in [-0.15, -0.1) is 5.92 Å². The number of aliphatic carboxylic acids is 1. The van der Waals surface area contributed by atoms with Crippen LogP contribution in [0.25, 0.3) is 0 Å². The monoisotopic (exact) mass is 195 g/mol. The number of piperidine rings is 1. The molecule has 0 saturated carbocycles. The minimum Gasteiger partial charge on any atom is -0.480 e. The van der Waals surface area contributed by atoms with Crippen LogP contribution < -0.4 is 0 Å². The summed E-state index contributed by atoms with van der Waals surface area (Å²) in [5, 5.41) is 9.18. The Morgan fingerprint density at radius 3 is 2.86 bits per heavy atom. The Hall–Kier alpha value is -1.01. The predicted octanol–water partition coefficient (Wildman–Crippen LogP) is 1.34. The van der Waals surface area contributed by atoms with Crippen molar-refractivity contribution < 1.29 is 9.90 Å². The van der Waals surface area contributed by atoms with Crippen molar-refractivity contribution in [3.05, 3.63) is 0 Å². The molecule has 1 N–H and O–H groups in total. The summed E-state index contributed by atoms with van der Waals surface area (Å²) in [7, 11) is 0. The van der Waals surface area contributed by atoms with Gasteiger partial charge < -0.3 is 5.11 Å². The highest BCUT2D eigenvalue weighted by molar-refractivity contribution is 5.78. The number of carboxylic acid groups (broad SMARTS) is 1. The van der Waals surface area contributed by atoms with E-state index in [1.54, 1.807) is 13.8 Å². The van der Waals surface area contributed by atoms with Crippen LogP contribution in [0.4, 0.5) is 0 Å². The lowest BCUT2D eigenvalue weighted by Gasteiger charge is -2.40. The van der Waals surface area contributed by atoms with Crippen molar-refractivity contribution in [2.24, 2.45) is 0 Å². The Labute approximate surface area is 85.1 Å². The van der Waals surface area contributed by atoms with Gasteiger partial charge in [0.2, 0.25) is 0 Å². The van der Waals surface area contributed by atoms with Gasteiger partial charge in [0.15, 0.2) is 0 Å². The van der Waals surface area contributed by atoms with E-state index >= 15 is 0 Å². The molecule has 0 aromatic rings. The van der Waals surface area contributed by atoms with Crippen LogP contribution in [0.1, 0.15) is 33.1 Å². The summed E-state index contributed by atoms with van der Waals surface area (Å²) in [5.41, 5.74) is -0.706. The van der Waals surface area contributed by atoms with E-state index in [1.807, 2.05) is 4.90 Å². The average molecular weight is 195 g/mol. The van der Waals surface area contributed by atoms with Crippen LogP contribution in [-0.2, 0) is 4.79 Å². The summed E-state index contributed by atoms with van der Waals surface area (Å²) >= 11 is 0. The van der Waals surface area contributed by atoms with Crippen molar-refractivity contribution in [1.82, 2.24) is 4.90 Å². The Balaban J connectivity index is 2.75. The van der Waals surface area contributed by atoms with Crippen molar-refractivity contribution in [2.45, 2.75) is 38.6 Å². The van der Waals surface area contributed by atoms with Crippen molar-refractivity contribution >= 4 is 5.97 Å². The first kappa shape index (κ1) is 11.1. The zero-order valence-corrected chi connectivity index (χ0v) is 8.84. The van der Waals surface area contributed by atoms with Crippen molar-refractivity contribution in [1.29, 1.82) is 0 Å². The van der Waals surface area contributed by atoms with E-state index in [2.05, 4.69) is 11.8 Å². The smallest absolute Gasteiger partial charge is 0.323 e. The molecule has 0 amide bonds. The van der Waals surface area contributed by atoms with Crippen LogP contribution in [0.3, 0.4) is 0 Å². The third-order valence-electron chi connectivity index (χ3n) is 2.95. The van der Waals surface area contributed by atoms with Crippen molar-refractivity contribution in [3.8, 4) is 11.8 Å². The average Bonchev–Trinajstić information content (AvgIpc) is 2.16. The van der Waals surface area contributed by atoms with E-state index in [1.165, 1.54) is 0 Å². The molecule has 0 radical (unpaired) electrons. The largest absolute Gasteiger partial charge is 0.480 e. The molecular weight excluding hydrogens is 178 g/mol. The Kier molecular flexibility index (Phi) is 3.54. The van der Waals surface area contributed by atoms with Crippen LogP contribution >= 0.6 is 0 Å². The van der Waals surface area contributed by atoms with Gasteiger partial charge in [-0.05, 0) is 33.1 Å². The van der Waals surface area contributed by atoms with Gasteiger partial charge in [0.05, 0.1) is 6.54 Å². The van der Waals surface area contributed by atoms with Gasteiger partial charge >= 0.3 is 5.97 Å². The van der Waals surface area contributed by atoms with E-state index in [0.717, 1.165) is 25.8 Å². The third kappa shape index (κ3) is 2.08. The normalized spacial score (nSPS) is 27.9. The summed E-state index contributed by atoms with van der Waals surface area (Å²) in [6.45, 7) is 4.99. The van der Waals surface area contributed by atoms with E-state index in [4.69, 9.17) is 0 Å². The molecule has 0 aromatic carbocycles. The summed E-state index contributed by atoms with van der Waals surface area (Å²) < 4.78 is 0. The summed E-state index contributed by atoms with van der Waals surface area (Å²) in [4.78, 5) is 13.1. The molecule has 0 bridgehead atoms. The molecule has 1 heterocycles. The van der Waals surface area contributed by atoms with E-state index < -0.39 is 11.5 Å². The fourth-order valence-corrected chi connectivity index (χ4v) is 1.85. The van der Waals surface area contributed by atoms with Crippen molar-refractivity contribution in [2.75, 3.05) is 13.1 Å². The predicted molar refractivity (Wildman–Crippen MR) is 54.9 cm³/mol. The van der Waals surface area contributed by atoms with Gasteiger partial charge in [0.25, 0.3) is 0 Å². The van der Waals surface area contributed by atoms with Crippen LogP contribution in [0.2, 0.25) is 0 Å². The first-order valence-corrected chi connectivity index (χ1v) is 4.99. The Morgan fingerprint density at radius 1 is 1.57 bits per heavy atom. The van der Waals surface area contributed by atoms with Gasteiger partial charge in [0, 0.05) is 6.54 Å². The number of hydrogen-bond donors (Lipinski definition) is 1. The second-order valence-corrected chi connectivity index (χ2v) is 3.88. The lowest BCUT2D eigenvalue weighted by Crippen LogP contribution is -2.55. The molecule has 1 rings (SSSR count). The number of rotatable bonds is 2. The number of nitrogens with zero attached hydrogens (tertiary/aromatic N) is 1. The molecule has 0 aromatic heterocycles. The molecule has 3 heteroatoms. The molecule has 0 aliphatic carbocycles. The molecule has 1 aliphatic heterocycles. The molecule has 78 valence electrons. The molecule has 1 saturated heterocycles. The number of carbonyl (C=O) groups is 1. The zero-order valence-electron chi connectivity index (χ0n) is 8.84. The lowest BCUT2D eigenvalue weighted by molar-refractivity contribution is -0.152. The lowest BCUT2D eigenvalue weighted by atomic mass is 9.88. The van der Waals surface area contributed by atoms with Crippen LogP contribution in [0.5, 0.6) is 0 Å². The molecule has 0 spiro atoms. The first-order valence-electron chi connectivity index (χ1n) is 4.99. The maximum Gasteiger partial charge on any atom is 0.323 e. The fraction of sp³-hybridized carbons (Fsp3) is 0.727. The second-order valence-electron chi connectivity index (χ2n) is 3.88. The highest BCUT2D eigenvalue weighted by Gasteiger charge is 2.40. The number of carboxylic acids is 1. The van der Waals surface area contributed by atoms with Gasteiger partial charge in [-0.2, -0.15) is 0 Å². The molecule has 1 atom stereocenters. The molecule has 3 nitrogen and oxygen atoms in total. The van der Waals surface area contributed by atoms with Gasteiger partial charge in [-0.3, -0.25) is 9.69 Å². The van der Waals surface area contributed by atoms with E-state index in [9.17, 15) is 9.90 Å². The number of hydrogen-bond acceptors (Lipinski definition) is 2. The fourth-order valence-electron chi connectivity index (χ4n) is 1.85. The van der Waals surface area contributed by atoms with Crippen LogP contribution in [-0.4, -0.2) is 34.6 Å². The maximum absolute atomic E-state index is 11.2. The molecule has 1 unspecified atom stereocenters. The van der Waals surface area contributed by atoms with Crippen LogP contribution in [0.15, 0.2) is 0 Å². The van der Waals surface area contributed by atoms with E-state index in [-0.39, 0.29) is 0 Å². The minimum absolute atomic E-state index is 0.569. The summed E-state index contributed by atoms with van der Waals surface area (Å²) in [6, 6.07) is 0. The van der Waals surface area contributed by atoms with Crippen molar-refractivity contribution in [3.63, 3.8) is 0 Å². The standard InChI is InChI=1S/C11H17NO2/c1-3-4-8-12-9-6-5-7-11(12,2)10(13)14/h5-9H2,1-2H3,(H,13,14). The minimum atomic E-state index is -0.727. The molecular formula is C11H17NO2. The topological polar surface area (TPSA) is 40.5 Å². The quantitative estimate of drug-likeness (QED) is 0.676. The summed E-state index contributed by atoms with van der Waals surface area (Å²) in [6.07, 6.45) is 2.81. The van der Waals surface area contributed by atoms with Gasteiger partial charge in [-0.25, -0.2) is 0 Å². The maximum atomic E-state index is 11.2. The highest BCUT2D eigenvalue weighted by atomic mass is 16.4. The molecule has 1 aliphatic rings. The van der Waals surface area contributed by atoms with Gasteiger partial charge in [-0.1, -0.05) is 5.92 Å². The summed E-state index contributed by atoms with van der Waals surface area (Å²) in [5.74, 6) is 5.02. The highest BCUT2D eigenvalue weighted by Crippen LogP contribution is 2.27. The molecule has 1 fully saturated rings. The molecule has 14 heavy (non-hydrogen) atoms. The first-order chi connectivity index (χ1) is 6.61. The van der Waals surface area contributed by atoms with E-state index in [0.29, 0.717) is 6.54 Å². The van der Waals surface area contributed by atoms with Crippen LogP contribution in [0, 0.1) is 11.8 Å². The Bertz CT molecular complexity index is 277. The SMILES string of the molecule is CC#CCN1CCCCC1(C)C(=O)O. The number of likely N-dealkylation sites (tertiary alicyclic amines) is 1. The second kappa shape index (κ2) is 4.47. The Morgan fingerprint density at radius 2 is 2.29 bits per heavy atom. The third-order valence-corrected chi connectivity index (χ3v) is 2.95.